The molecule has 0 bridgehead atoms. The highest BCUT2D eigenvalue weighted by atomic mass is 15.0. The maximum atomic E-state index is 4.45. The predicted molar refractivity (Wildman–Crippen MR) is 78.2 cm³/mol. The molecule has 3 heteroatoms. The second-order valence-electron chi connectivity index (χ2n) is 5.82. The van der Waals surface area contributed by atoms with E-state index in [4.69, 9.17) is 0 Å². The summed E-state index contributed by atoms with van der Waals surface area (Å²) in [6.45, 7) is 4.17. The predicted octanol–water partition coefficient (Wildman–Crippen LogP) is 3.31. The first kappa shape index (κ1) is 12.7. The first-order valence-electron chi connectivity index (χ1n) is 7.46. The molecule has 2 aromatic heterocycles. The molecule has 0 aromatic carbocycles. The normalized spacial score (nSPS) is 17.1. The van der Waals surface area contributed by atoms with Crippen molar-refractivity contribution in [3.05, 3.63) is 35.8 Å². The van der Waals surface area contributed by atoms with E-state index >= 15 is 0 Å². The molecule has 19 heavy (non-hydrogen) atoms. The Bertz CT molecular complexity index is 538. The Morgan fingerprint density at radius 2 is 2.05 bits per heavy atom. The molecule has 1 aliphatic rings. The van der Waals surface area contributed by atoms with Crippen LogP contribution in [0.2, 0.25) is 0 Å². The number of imidazole rings is 1. The molecule has 0 amide bonds. The molecular formula is C16H23N3. The molecule has 0 radical (unpaired) electrons. The molecule has 1 saturated carbocycles. The van der Waals surface area contributed by atoms with Gasteiger partial charge in [-0.3, -0.25) is 0 Å². The van der Waals surface area contributed by atoms with E-state index in [-0.39, 0.29) is 0 Å². The lowest BCUT2D eigenvalue weighted by Gasteiger charge is -2.21. The quantitative estimate of drug-likeness (QED) is 0.910. The van der Waals surface area contributed by atoms with Crippen LogP contribution in [0, 0.1) is 12.8 Å². The number of rotatable bonds is 4. The standard InChI is InChI=1S/C16H23N3/c1-13-11-19-12-15(7-8-16(19)18-13)10-17-9-14-5-3-2-4-6-14/h7-8,11-12,14,17H,2-6,9-10H2,1H3. The van der Waals surface area contributed by atoms with Gasteiger partial charge in [-0.15, -0.1) is 0 Å². The summed E-state index contributed by atoms with van der Waals surface area (Å²) < 4.78 is 2.12. The maximum Gasteiger partial charge on any atom is 0.136 e. The number of aromatic nitrogens is 2. The Kier molecular flexibility index (Phi) is 3.83. The molecule has 1 aliphatic carbocycles. The number of hydrogen-bond donors (Lipinski definition) is 1. The summed E-state index contributed by atoms with van der Waals surface area (Å²) in [6, 6.07) is 4.28. The summed E-state index contributed by atoms with van der Waals surface area (Å²) in [5, 5.41) is 3.61. The van der Waals surface area contributed by atoms with Crippen LogP contribution >= 0.6 is 0 Å². The molecule has 3 nitrogen and oxygen atoms in total. The molecule has 2 heterocycles. The molecule has 3 rings (SSSR count). The number of nitrogens with zero attached hydrogens (tertiary/aromatic N) is 2. The van der Waals surface area contributed by atoms with E-state index in [1.165, 1.54) is 44.2 Å². The molecule has 1 N–H and O–H groups in total. The van der Waals surface area contributed by atoms with E-state index in [1.54, 1.807) is 0 Å². The first-order valence-corrected chi connectivity index (χ1v) is 7.46. The third kappa shape index (κ3) is 3.16. The summed E-state index contributed by atoms with van der Waals surface area (Å²) in [6.07, 6.45) is 11.4. The van der Waals surface area contributed by atoms with Gasteiger partial charge in [-0.25, -0.2) is 4.98 Å². The van der Waals surface area contributed by atoms with E-state index in [0.29, 0.717) is 0 Å². The second kappa shape index (κ2) is 5.74. The number of fused-ring (bicyclic) bond motifs is 1. The first-order chi connectivity index (χ1) is 9.31. The monoisotopic (exact) mass is 257 g/mol. The summed E-state index contributed by atoms with van der Waals surface area (Å²) in [5.74, 6) is 0.896. The average Bonchev–Trinajstić information content (AvgIpc) is 2.79. The Morgan fingerprint density at radius 3 is 2.89 bits per heavy atom. The van der Waals surface area contributed by atoms with E-state index in [2.05, 4.69) is 39.2 Å². The van der Waals surface area contributed by atoms with Crippen molar-refractivity contribution in [2.45, 2.75) is 45.6 Å². The van der Waals surface area contributed by atoms with Crippen molar-refractivity contribution in [1.29, 1.82) is 0 Å². The summed E-state index contributed by atoms with van der Waals surface area (Å²) in [5.41, 5.74) is 3.45. The maximum absolute atomic E-state index is 4.45. The van der Waals surface area contributed by atoms with Crippen LogP contribution in [-0.2, 0) is 6.54 Å². The van der Waals surface area contributed by atoms with E-state index in [1.807, 2.05) is 6.92 Å². The van der Waals surface area contributed by atoms with Gasteiger partial charge in [0.25, 0.3) is 0 Å². The fraction of sp³-hybridized carbons (Fsp3) is 0.562. The molecular weight excluding hydrogens is 234 g/mol. The highest BCUT2D eigenvalue weighted by Gasteiger charge is 2.12. The Hall–Kier alpha value is -1.35. The van der Waals surface area contributed by atoms with Crippen molar-refractivity contribution in [2.24, 2.45) is 5.92 Å². The Morgan fingerprint density at radius 1 is 1.21 bits per heavy atom. The van der Waals surface area contributed by atoms with E-state index in [0.717, 1.165) is 23.8 Å². The van der Waals surface area contributed by atoms with Crippen LogP contribution < -0.4 is 5.32 Å². The molecule has 0 aliphatic heterocycles. The molecule has 1 fully saturated rings. The zero-order valence-electron chi connectivity index (χ0n) is 11.7. The molecule has 0 unspecified atom stereocenters. The van der Waals surface area contributed by atoms with Crippen molar-refractivity contribution in [3.63, 3.8) is 0 Å². The molecule has 2 aromatic rings. The third-order valence-electron chi connectivity index (χ3n) is 4.12. The van der Waals surface area contributed by atoms with Crippen molar-refractivity contribution < 1.29 is 0 Å². The molecule has 102 valence electrons. The Balaban J connectivity index is 1.55. The lowest BCUT2D eigenvalue weighted by atomic mass is 9.89. The van der Waals surface area contributed by atoms with E-state index < -0.39 is 0 Å². The fourth-order valence-electron chi connectivity index (χ4n) is 3.08. The van der Waals surface area contributed by atoms with Crippen LogP contribution in [0.3, 0.4) is 0 Å². The SMILES string of the molecule is Cc1cn2cc(CNCC3CCCCC3)ccc2n1. The number of aryl methyl sites for hydroxylation is 1. The smallest absolute Gasteiger partial charge is 0.136 e. The summed E-state index contributed by atoms with van der Waals surface area (Å²) in [4.78, 5) is 4.45. The van der Waals surface area contributed by atoms with Crippen molar-refractivity contribution >= 4 is 5.65 Å². The van der Waals surface area contributed by atoms with Crippen molar-refractivity contribution in [1.82, 2.24) is 14.7 Å². The van der Waals surface area contributed by atoms with Crippen molar-refractivity contribution in [3.8, 4) is 0 Å². The minimum absolute atomic E-state index is 0.896. The van der Waals surface area contributed by atoms with Gasteiger partial charge in [-0.2, -0.15) is 0 Å². The van der Waals surface area contributed by atoms with Crippen LogP contribution in [0.15, 0.2) is 24.5 Å². The highest BCUT2D eigenvalue weighted by Crippen LogP contribution is 2.22. The molecule has 0 spiro atoms. The van der Waals surface area contributed by atoms with Gasteiger partial charge >= 0.3 is 0 Å². The zero-order chi connectivity index (χ0) is 13.1. The fourth-order valence-corrected chi connectivity index (χ4v) is 3.08. The van der Waals surface area contributed by atoms with Gasteiger partial charge in [0.05, 0.1) is 5.69 Å². The summed E-state index contributed by atoms with van der Waals surface area (Å²) in [7, 11) is 0. The van der Waals surface area contributed by atoms with Gasteiger partial charge in [-0.05, 0) is 43.9 Å². The van der Waals surface area contributed by atoms with Crippen LogP contribution in [0.25, 0.3) is 5.65 Å². The topological polar surface area (TPSA) is 29.3 Å². The van der Waals surface area contributed by atoms with Crippen molar-refractivity contribution in [2.75, 3.05) is 6.54 Å². The summed E-state index contributed by atoms with van der Waals surface area (Å²) >= 11 is 0. The number of pyridine rings is 1. The Labute approximate surface area is 115 Å². The van der Waals surface area contributed by atoms with Gasteiger partial charge in [0.2, 0.25) is 0 Å². The largest absolute Gasteiger partial charge is 0.312 e. The minimum Gasteiger partial charge on any atom is -0.312 e. The van der Waals surface area contributed by atoms with Gasteiger partial charge in [0.1, 0.15) is 5.65 Å². The van der Waals surface area contributed by atoms with Gasteiger partial charge in [0.15, 0.2) is 0 Å². The van der Waals surface area contributed by atoms with Gasteiger partial charge in [-0.1, -0.05) is 25.3 Å². The zero-order valence-corrected chi connectivity index (χ0v) is 11.7. The molecule has 0 atom stereocenters. The highest BCUT2D eigenvalue weighted by molar-refractivity contribution is 5.41. The van der Waals surface area contributed by atoms with Gasteiger partial charge in [0, 0.05) is 18.9 Å². The van der Waals surface area contributed by atoms with Gasteiger partial charge < -0.3 is 9.72 Å². The number of nitrogens with one attached hydrogen (secondary N) is 1. The van der Waals surface area contributed by atoms with E-state index in [9.17, 15) is 0 Å². The van der Waals surface area contributed by atoms with Crippen LogP contribution in [0.5, 0.6) is 0 Å². The third-order valence-corrected chi connectivity index (χ3v) is 4.12. The van der Waals surface area contributed by atoms with Crippen LogP contribution in [-0.4, -0.2) is 15.9 Å². The minimum atomic E-state index is 0.896. The average molecular weight is 257 g/mol. The number of hydrogen-bond acceptors (Lipinski definition) is 2. The second-order valence-corrected chi connectivity index (χ2v) is 5.82. The lowest BCUT2D eigenvalue weighted by Crippen LogP contribution is -2.24. The van der Waals surface area contributed by atoms with Crippen LogP contribution in [0.1, 0.15) is 43.4 Å². The van der Waals surface area contributed by atoms with Crippen LogP contribution in [0.4, 0.5) is 0 Å². The lowest BCUT2D eigenvalue weighted by molar-refractivity contribution is 0.342. The molecule has 0 saturated heterocycles.